The Balaban J connectivity index is 2.84. The van der Waals surface area contributed by atoms with Crippen molar-refractivity contribution in [1.82, 2.24) is 0 Å². The normalized spacial score (nSPS) is 9.63. The number of hydrogen-bond acceptors (Lipinski definition) is 3. The molecule has 1 aromatic rings. The topological polar surface area (TPSA) is 44.5 Å². The van der Waals surface area contributed by atoms with Crippen LogP contribution >= 0.6 is 0 Å². The monoisotopic (exact) mass is 261 g/mol. The first-order valence-corrected chi connectivity index (χ1v) is 6.90. The third kappa shape index (κ3) is 5.67. The highest BCUT2D eigenvalue weighted by molar-refractivity contribution is 5.48. The van der Waals surface area contributed by atoms with Crippen LogP contribution in [0.2, 0.25) is 0 Å². The Bertz CT molecular complexity index is 432. The van der Waals surface area contributed by atoms with Gasteiger partial charge in [0.25, 0.3) is 0 Å². The van der Waals surface area contributed by atoms with Crippen molar-refractivity contribution in [1.29, 1.82) is 0 Å². The standard InChI is InChI=1S/C16H23NO2/c1-3-11-18-15-9-8-14(7-5-6-10-17)13-16(15)19-12-4-2/h8-9,13H,3-4,6,10-12,17H2,1-2H3. The summed E-state index contributed by atoms with van der Waals surface area (Å²) in [5, 5.41) is 0. The molecule has 0 saturated carbocycles. The second-order valence-corrected chi connectivity index (χ2v) is 4.20. The van der Waals surface area contributed by atoms with Gasteiger partial charge in [0.15, 0.2) is 11.5 Å². The van der Waals surface area contributed by atoms with Gasteiger partial charge in [-0.1, -0.05) is 25.7 Å². The molecular formula is C16H23NO2. The molecule has 0 aliphatic rings. The molecule has 0 unspecified atom stereocenters. The lowest BCUT2D eigenvalue weighted by atomic mass is 10.2. The van der Waals surface area contributed by atoms with Crippen LogP contribution in [0.5, 0.6) is 11.5 Å². The molecule has 0 heterocycles. The molecule has 3 heteroatoms. The van der Waals surface area contributed by atoms with Gasteiger partial charge in [0.1, 0.15) is 0 Å². The molecule has 19 heavy (non-hydrogen) atoms. The van der Waals surface area contributed by atoms with E-state index in [1.54, 1.807) is 0 Å². The highest BCUT2D eigenvalue weighted by atomic mass is 16.5. The van der Waals surface area contributed by atoms with E-state index in [1.807, 2.05) is 18.2 Å². The second kappa shape index (κ2) is 9.29. The molecular weight excluding hydrogens is 238 g/mol. The third-order valence-electron chi connectivity index (χ3n) is 2.37. The fraction of sp³-hybridized carbons (Fsp3) is 0.500. The van der Waals surface area contributed by atoms with Crippen LogP contribution in [0.3, 0.4) is 0 Å². The van der Waals surface area contributed by atoms with E-state index in [9.17, 15) is 0 Å². The summed E-state index contributed by atoms with van der Waals surface area (Å²) in [6, 6.07) is 5.81. The van der Waals surface area contributed by atoms with Crippen molar-refractivity contribution in [3.05, 3.63) is 23.8 Å². The van der Waals surface area contributed by atoms with E-state index in [4.69, 9.17) is 15.2 Å². The Morgan fingerprint density at radius 3 is 2.37 bits per heavy atom. The molecule has 0 aliphatic heterocycles. The van der Waals surface area contributed by atoms with E-state index >= 15 is 0 Å². The number of rotatable bonds is 7. The average Bonchev–Trinajstić information content (AvgIpc) is 2.44. The quantitative estimate of drug-likeness (QED) is 0.767. The molecule has 1 aromatic carbocycles. The molecule has 0 spiro atoms. The van der Waals surface area contributed by atoms with Crippen molar-refractivity contribution in [3.63, 3.8) is 0 Å². The average molecular weight is 261 g/mol. The number of benzene rings is 1. The predicted molar refractivity (Wildman–Crippen MR) is 78.6 cm³/mol. The zero-order valence-corrected chi connectivity index (χ0v) is 11.9. The van der Waals surface area contributed by atoms with Crippen LogP contribution in [-0.2, 0) is 0 Å². The van der Waals surface area contributed by atoms with Gasteiger partial charge in [0.2, 0.25) is 0 Å². The van der Waals surface area contributed by atoms with E-state index in [2.05, 4.69) is 25.7 Å². The minimum atomic E-state index is 0.587. The molecule has 3 nitrogen and oxygen atoms in total. The zero-order chi connectivity index (χ0) is 13.9. The Morgan fingerprint density at radius 2 is 1.74 bits per heavy atom. The summed E-state index contributed by atoms with van der Waals surface area (Å²) in [6.07, 6.45) is 2.65. The molecule has 0 bridgehead atoms. The van der Waals surface area contributed by atoms with Crippen molar-refractivity contribution in [2.45, 2.75) is 33.1 Å². The second-order valence-electron chi connectivity index (χ2n) is 4.20. The van der Waals surface area contributed by atoms with Gasteiger partial charge >= 0.3 is 0 Å². The minimum Gasteiger partial charge on any atom is -0.490 e. The van der Waals surface area contributed by atoms with E-state index < -0.39 is 0 Å². The molecule has 0 aromatic heterocycles. The molecule has 0 saturated heterocycles. The van der Waals surface area contributed by atoms with Crippen molar-refractivity contribution in [3.8, 4) is 23.3 Å². The molecule has 0 radical (unpaired) electrons. The van der Waals surface area contributed by atoms with Gasteiger partial charge in [-0.15, -0.1) is 0 Å². The molecule has 0 amide bonds. The lowest BCUT2D eigenvalue weighted by Crippen LogP contribution is -2.01. The van der Waals surface area contributed by atoms with Crippen LogP contribution < -0.4 is 15.2 Å². The number of nitrogens with two attached hydrogens (primary N) is 1. The van der Waals surface area contributed by atoms with Crippen LogP contribution in [0.4, 0.5) is 0 Å². The smallest absolute Gasteiger partial charge is 0.162 e. The van der Waals surface area contributed by atoms with Crippen LogP contribution in [0.1, 0.15) is 38.7 Å². The third-order valence-corrected chi connectivity index (χ3v) is 2.37. The predicted octanol–water partition coefficient (Wildman–Crippen LogP) is 2.96. The van der Waals surface area contributed by atoms with Gasteiger partial charge in [-0.2, -0.15) is 0 Å². The summed E-state index contributed by atoms with van der Waals surface area (Å²) in [6.45, 7) is 6.13. The van der Waals surface area contributed by atoms with Crippen molar-refractivity contribution >= 4 is 0 Å². The largest absolute Gasteiger partial charge is 0.490 e. The summed E-state index contributed by atoms with van der Waals surface area (Å²) in [7, 11) is 0. The van der Waals surface area contributed by atoms with Crippen LogP contribution in [0.15, 0.2) is 18.2 Å². The minimum absolute atomic E-state index is 0.587. The maximum absolute atomic E-state index is 5.71. The van der Waals surface area contributed by atoms with E-state index in [0.717, 1.165) is 29.9 Å². The van der Waals surface area contributed by atoms with E-state index in [1.165, 1.54) is 0 Å². The van der Waals surface area contributed by atoms with Crippen LogP contribution in [-0.4, -0.2) is 19.8 Å². The molecule has 0 fully saturated rings. The van der Waals surface area contributed by atoms with Gasteiger partial charge in [-0.05, 0) is 31.0 Å². The van der Waals surface area contributed by atoms with Crippen LogP contribution in [0, 0.1) is 11.8 Å². The zero-order valence-electron chi connectivity index (χ0n) is 11.9. The maximum Gasteiger partial charge on any atom is 0.162 e. The molecule has 0 atom stereocenters. The lowest BCUT2D eigenvalue weighted by molar-refractivity contribution is 0.268. The Hall–Kier alpha value is -1.66. The SMILES string of the molecule is CCCOc1ccc(C#CCCN)cc1OCCC. The fourth-order valence-corrected chi connectivity index (χ4v) is 1.48. The van der Waals surface area contributed by atoms with Gasteiger partial charge in [-0.25, -0.2) is 0 Å². The highest BCUT2D eigenvalue weighted by Crippen LogP contribution is 2.28. The first-order chi connectivity index (χ1) is 9.31. The maximum atomic E-state index is 5.71. The Kier molecular flexibility index (Phi) is 7.53. The van der Waals surface area contributed by atoms with Gasteiger partial charge < -0.3 is 15.2 Å². The number of hydrogen-bond donors (Lipinski definition) is 1. The van der Waals surface area contributed by atoms with Crippen molar-refractivity contribution < 1.29 is 9.47 Å². The van der Waals surface area contributed by atoms with E-state index in [0.29, 0.717) is 26.2 Å². The Labute approximate surface area is 116 Å². The molecule has 0 aliphatic carbocycles. The van der Waals surface area contributed by atoms with Crippen LogP contribution in [0.25, 0.3) is 0 Å². The van der Waals surface area contributed by atoms with Crippen molar-refractivity contribution in [2.24, 2.45) is 5.73 Å². The summed E-state index contributed by atoms with van der Waals surface area (Å²) < 4.78 is 11.4. The van der Waals surface area contributed by atoms with Crippen molar-refractivity contribution in [2.75, 3.05) is 19.8 Å². The molecule has 2 N–H and O–H groups in total. The summed E-state index contributed by atoms with van der Waals surface area (Å²) in [4.78, 5) is 0. The van der Waals surface area contributed by atoms with Gasteiger partial charge in [0, 0.05) is 18.5 Å². The lowest BCUT2D eigenvalue weighted by Gasteiger charge is -2.12. The first-order valence-electron chi connectivity index (χ1n) is 6.90. The molecule has 104 valence electrons. The number of ether oxygens (including phenoxy) is 2. The summed E-state index contributed by atoms with van der Waals surface area (Å²) in [5.41, 5.74) is 6.35. The van der Waals surface area contributed by atoms with E-state index in [-0.39, 0.29) is 0 Å². The Morgan fingerprint density at radius 1 is 1.05 bits per heavy atom. The summed E-state index contributed by atoms with van der Waals surface area (Å²) in [5.74, 6) is 7.67. The first kappa shape index (κ1) is 15.4. The van der Waals surface area contributed by atoms with Gasteiger partial charge in [0.05, 0.1) is 13.2 Å². The highest BCUT2D eigenvalue weighted by Gasteiger charge is 2.05. The van der Waals surface area contributed by atoms with Gasteiger partial charge in [-0.3, -0.25) is 0 Å². The summed E-state index contributed by atoms with van der Waals surface area (Å²) >= 11 is 0. The fourth-order valence-electron chi connectivity index (χ4n) is 1.48. The molecule has 1 rings (SSSR count).